The zero-order chi connectivity index (χ0) is 19.3. The van der Waals surface area contributed by atoms with Gasteiger partial charge in [0, 0.05) is 39.3 Å². The number of amides is 1. The van der Waals surface area contributed by atoms with Crippen molar-refractivity contribution in [1.82, 2.24) is 19.8 Å². The lowest BCUT2D eigenvalue weighted by Gasteiger charge is -2.31. The van der Waals surface area contributed by atoms with Gasteiger partial charge in [0.2, 0.25) is 15.9 Å². The number of hydrogen-bond donors (Lipinski definition) is 2. The van der Waals surface area contributed by atoms with Gasteiger partial charge in [-0.2, -0.15) is 0 Å². The first-order chi connectivity index (χ1) is 11.4. The number of rotatable bonds is 5. The fourth-order valence-electron chi connectivity index (χ4n) is 2.81. The van der Waals surface area contributed by atoms with Crippen molar-refractivity contribution in [3.63, 3.8) is 0 Å². The second-order valence-electron chi connectivity index (χ2n) is 7.69. The Kier molecular flexibility index (Phi) is 7.67. The van der Waals surface area contributed by atoms with Crippen molar-refractivity contribution in [2.24, 2.45) is 10.9 Å². The molecule has 0 atom stereocenters. The normalized spacial score (nSPS) is 18.1. The van der Waals surface area contributed by atoms with E-state index in [-0.39, 0.29) is 18.0 Å². The molecule has 146 valence electrons. The lowest BCUT2D eigenvalue weighted by Crippen LogP contribution is -2.49. The number of aliphatic imine (C=N–C) groups is 1. The lowest BCUT2D eigenvalue weighted by molar-refractivity contribution is -0.122. The van der Waals surface area contributed by atoms with E-state index >= 15 is 0 Å². The van der Waals surface area contributed by atoms with E-state index in [0.29, 0.717) is 25.0 Å². The third-order valence-electron chi connectivity index (χ3n) is 4.06. The molecule has 1 fully saturated rings. The number of likely N-dealkylation sites (N-methyl/N-ethyl adjacent to an activating group) is 1. The van der Waals surface area contributed by atoms with Gasteiger partial charge in [-0.05, 0) is 39.5 Å². The van der Waals surface area contributed by atoms with Crippen molar-refractivity contribution in [2.45, 2.75) is 39.2 Å². The van der Waals surface area contributed by atoms with Crippen molar-refractivity contribution >= 4 is 21.9 Å². The molecule has 0 unspecified atom stereocenters. The predicted octanol–water partition coefficient (Wildman–Crippen LogP) is 0.0799. The molecule has 1 saturated heterocycles. The van der Waals surface area contributed by atoms with E-state index in [1.54, 1.807) is 11.9 Å². The summed E-state index contributed by atoms with van der Waals surface area (Å²) < 4.78 is 24.6. The monoisotopic (exact) mass is 375 g/mol. The molecule has 1 rings (SSSR count). The molecular formula is C16H33N5O3S. The minimum absolute atomic E-state index is 0.0561. The molecular weight excluding hydrogens is 342 g/mol. The Hall–Kier alpha value is -1.35. The van der Waals surface area contributed by atoms with Crippen LogP contribution in [0.1, 0.15) is 33.6 Å². The quantitative estimate of drug-likeness (QED) is 0.524. The van der Waals surface area contributed by atoms with E-state index in [1.807, 2.05) is 27.8 Å². The molecule has 0 aromatic rings. The number of sulfonamides is 1. The average molecular weight is 376 g/mol. The first-order valence-electron chi connectivity index (χ1n) is 8.60. The summed E-state index contributed by atoms with van der Waals surface area (Å²) in [6.07, 6.45) is 2.90. The molecule has 1 amide bonds. The van der Waals surface area contributed by atoms with Crippen molar-refractivity contribution in [3.8, 4) is 0 Å². The molecule has 0 spiro atoms. The molecule has 0 radical (unpaired) electrons. The van der Waals surface area contributed by atoms with Crippen molar-refractivity contribution < 1.29 is 13.2 Å². The van der Waals surface area contributed by atoms with Gasteiger partial charge in [-0.15, -0.1) is 0 Å². The van der Waals surface area contributed by atoms with E-state index in [9.17, 15) is 13.2 Å². The van der Waals surface area contributed by atoms with Crippen molar-refractivity contribution in [3.05, 3.63) is 0 Å². The predicted molar refractivity (Wildman–Crippen MR) is 101 cm³/mol. The van der Waals surface area contributed by atoms with E-state index < -0.39 is 10.0 Å². The summed E-state index contributed by atoms with van der Waals surface area (Å²) in [5.74, 6) is 1.00. The minimum Gasteiger partial charge on any atom is -0.356 e. The summed E-state index contributed by atoms with van der Waals surface area (Å²) in [6.45, 7) is 7.91. The molecule has 0 aromatic carbocycles. The van der Waals surface area contributed by atoms with Crippen molar-refractivity contribution in [2.75, 3.05) is 46.5 Å². The van der Waals surface area contributed by atoms with Crippen LogP contribution in [0.4, 0.5) is 0 Å². The number of hydrogen-bond acceptors (Lipinski definition) is 4. The van der Waals surface area contributed by atoms with Gasteiger partial charge in [0.25, 0.3) is 0 Å². The Morgan fingerprint density at radius 2 is 1.84 bits per heavy atom. The van der Waals surface area contributed by atoms with Gasteiger partial charge < -0.3 is 15.5 Å². The molecule has 25 heavy (non-hydrogen) atoms. The minimum atomic E-state index is -3.09. The third-order valence-corrected chi connectivity index (χ3v) is 5.36. The highest BCUT2D eigenvalue weighted by Crippen LogP contribution is 2.18. The number of nitrogens with one attached hydrogen (secondary N) is 2. The SMILES string of the molecule is CN=C(NCC1CCN(S(C)(=O)=O)CC1)N(C)CC(=O)NC(C)(C)C. The fraction of sp³-hybridized carbons (Fsp3) is 0.875. The molecule has 8 nitrogen and oxygen atoms in total. The smallest absolute Gasteiger partial charge is 0.240 e. The first kappa shape index (κ1) is 21.7. The summed E-state index contributed by atoms with van der Waals surface area (Å²) in [7, 11) is 0.420. The Labute approximate surface area is 152 Å². The maximum Gasteiger partial charge on any atom is 0.240 e. The van der Waals surface area contributed by atoms with E-state index in [4.69, 9.17) is 0 Å². The highest BCUT2D eigenvalue weighted by Gasteiger charge is 2.25. The maximum absolute atomic E-state index is 12.0. The fourth-order valence-corrected chi connectivity index (χ4v) is 3.69. The van der Waals surface area contributed by atoms with Gasteiger partial charge in [-0.3, -0.25) is 9.79 Å². The second-order valence-corrected chi connectivity index (χ2v) is 9.67. The molecule has 0 aliphatic carbocycles. The van der Waals surface area contributed by atoms with Gasteiger partial charge in [0.15, 0.2) is 5.96 Å². The van der Waals surface area contributed by atoms with Crippen molar-refractivity contribution in [1.29, 1.82) is 0 Å². The molecule has 0 saturated carbocycles. The highest BCUT2D eigenvalue weighted by molar-refractivity contribution is 7.88. The standard InChI is InChI=1S/C16H33N5O3S/c1-16(2,3)19-14(22)12-20(5)15(17-4)18-11-13-7-9-21(10-8-13)25(6,23)24/h13H,7-12H2,1-6H3,(H,17,18)(H,19,22). The Bertz CT molecular complexity index is 575. The van der Waals surface area contributed by atoms with Crippen LogP contribution in [-0.2, 0) is 14.8 Å². The summed E-state index contributed by atoms with van der Waals surface area (Å²) in [5, 5.41) is 6.22. The topological polar surface area (TPSA) is 94.1 Å². The zero-order valence-corrected chi connectivity index (χ0v) is 17.1. The van der Waals surface area contributed by atoms with Crippen LogP contribution in [0.25, 0.3) is 0 Å². The second kappa shape index (κ2) is 8.84. The van der Waals surface area contributed by atoms with Gasteiger partial charge >= 0.3 is 0 Å². The van der Waals surface area contributed by atoms with Gasteiger partial charge in [-0.1, -0.05) is 0 Å². The van der Waals surface area contributed by atoms with Crippen LogP contribution in [0.2, 0.25) is 0 Å². The van der Waals surface area contributed by atoms with Crippen LogP contribution in [0.3, 0.4) is 0 Å². The Balaban J connectivity index is 2.43. The molecule has 1 heterocycles. The number of guanidine groups is 1. The van der Waals surface area contributed by atoms with Crippen LogP contribution in [0.15, 0.2) is 4.99 Å². The number of piperidine rings is 1. The molecule has 1 aliphatic rings. The summed E-state index contributed by atoms with van der Waals surface area (Å²) in [6, 6.07) is 0. The largest absolute Gasteiger partial charge is 0.356 e. The molecule has 0 bridgehead atoms. The molecule has 9 heteroatoms. The van der Waals surface area contributed by atoms with E-state index in [2.05, 4.69) is 15.6 Å². The summed E-state index contributed by atoms with van der Waals surface area (Å²) in [5.41, 5.74) is -0.261. The number of carbonyl (C=O) groups is 1. The van der Waals surface area contributed by atoms with Crippen LogP contribution in [0, 0.1) is 5.92 Å². The summed E-state index contributed by atoms with van der Waals surface area (Å²) >= 11 is 0. The maximum atomic E-state index is 12.0. The van der Waals surface area contributed by atoms with E-state index in [0.717, 1.165) is 19.4 Å². The average Bonchev–Trinajstić information content (AvgIpc) is 2.45. The Morgan fingerprint density at radius 1 is 1.28 bits per heavy atom. The zero-order valence-electron chi connectivity index (χ0n) is 16.3. The van der Waals surface area contributed by atoms with Gasteiger partial charge in [0.1, 0.15) is 0 Å². The lowest BCUT2D eigenvalue weighted by atomic mass is 9.98. The number of carbonyl (C=O) groups excluding carboxylic acids is 1. The van der Waals surface area contributed by atoms with E-state index in [1.165, 1.54) is 10.6 Å². The Morgan fingerprint density at radius 3 is 2.28 bits per heavy atom. The van der Waals surface area contributed by atoms with Gasteiger partial charge in [0.05, 0.1) is 12.8 Å². The molecule has 1 aliphatic heterocycles. The molecule has 0 aromatic heterocycles. The molecule has 2 N–H and O–H groups in total. The van der Waals surface area contributed by atoms with Crippen LogP contribution >= 0.6 is 0 Å². The van der Waals surface area contributed by atoms with Crippen LogP contribution < -0.4 is 10.6 Å². The number of nitrogens with zero attached hydrogens (tertiary/aromatic N) is 3. The first-order valence-corrected chi connectivity index (χ1v) is 10.4. The van der Waals surface area contributed by atoms with Gasteiger partial charge in [-0.25, -0.2) is 12.7 Å². The van der Waals surface area contributed by atoms with Crippen LogP contribution in [-0.4, -0.2) is 81.6 Å². The van der Waals surface area contributed by atoms with Crippen LogP contribution in [0.5, 0.6) is 0 Å². The highest BCUT2D eigenvalue weighted by atomic mass is 32.2. The summed E-state index contributed by atoms with van der Waals surface area (Å²) in [4.78, 5) is 18.0. The third kappa shape index (κ3) is 8.04.